The highest BCUT2D eigenvalue weighted by Crippen LogP contribution is 2.27. The van der Waals surface area contributed by atoms with E-state index in [1.54, 1.807) is 0 Å². The molecule has 1 saturated heterocycles. The molecule has 0 aromatic heterocycles. The Balaban J connectivity index is 2.36. The summed E-state index contributed by atoms with van der Waals surface area (Å²) in [6, 6.07) is 6.03. The minimum atomic E-state index is -0.533. The Morgan fingerprint density at radius 1 is 1.44 bits per heavy atom. The van der Waals surface area contributed by atoms with E-state index in [1.807, 2.05) is 43.9 Å². The smallest absolute Gasteiger partial charge is 0.246 e. The van der Waals surface area contributed by atoms with Crippen molar-refractivity contribution in [2.75, 3.05) is 11.4 Å². The number of amides is 1. The van der Waals surface area contributed by atoms with Crippen molar-refractivity contribution in [2.24, 2.45) is 0 Å². The number of piperazine rings is 1. The third-order valence-electron chi connectivity index (χ3n) is 3.31. The first kappa shape index (κ1) is 13.4. The summed E-state index contributed by atoms with van der Waals surface area (Å²) in [6.07, 6.45) is 0. The van der Waals surface area contributed by atoms with Crippen molar-refractivity contribution in [2.45, 2.75) is 39.3 Å². The Morgan fingerprint density at radius 2 is 2.11 bits per heavy atom. The lowest BCUT2D eigenvalue weighted by molar-refractivity contribution is -0.125. The normalized spacial score (nSPS) is 23.3. The minimum absolute atomic E-state index is 0.0838. The third kappa shape index (κ3) is 2.38. The molecule has 3 nitrogen and oxygen atoms in total. The third-order valence-corrected chi connectivity index (χ3v) is 3.72. The van der Waals surface area contributed by atoms with Crippen molar-refractivity contribution < 1.29 is 4.79 Å². The Hall–Kier alpha value is -1.06. The van der Waals surface area contributed by atoms with Gasteiger partial charge in [-0.1, -0.05) is 17.7 Å². The maximum atomic E-state index is 12.4. The van der Waals surface area contributed by atoms with Crippen LogP contribution in [0.25, 0.3) is 0 Å². The van der Waals surface area contributed by atoms with Gasteiger partial charge in [0.15, 0.2) is 0 Å². The number of anilines is 1. The summed E-state index contributed by atoms with van der Waals surface area (Å²) in [4.78, 5) is 14.2. The minimum Gasteiger partial charge on any atom is -0.309 e. The fraction of sp³-hybridized carbons (Fsp3) is 0.500. The van der Waals surface area contributed by atoms with Gasteiger partial charge in [0.1, 0.15) is 0 Å². The summed E-state index contributed by atoms with van der Waals surface area (Å²) < 4.78 is 0. The summed E-state index contributed by atoms with van der Waals surface area (Å²) in [7, 11) is 0. The highest BCUT2D eigenvalue weighted by atomic mass is 35.5. The number of nitrogens with zero attached hydrogens (tertiary/aromatic N) is 1. The Morgan fingerprint density at radius 3 is 2.72 bits per heavy atom. The van der Waals surface area contributed by atoms with Gasteiger partial charge in [-0.15, -0.1) is 0 Å². The lowest BCUT2D eigenvalue weighted by atomic mass is 9.97. The fourth-order valence-electron chi connectivity index (χ4n) is 2.39. The zero-order valence-corrected chi connectivity index (χ0v) is 12.0. The second-order valence-electron chi connectivity index (χ2n) is 5.52. The van der Waals surface area contributed by atoms with Crippen molar-refractivity contribution in [3.05, 3.63) is 28.8 Å². The van der Waals surface area contributed by atoms with Gasteiger partial charge in [0.25, 0.3) is 0 Å². The Kier molecular flexibility index (Phi) is 3.39. The molecule has 1 aromatic rings. The summed E-state index contributed by atoms with van der Waals surface area (Å²) in [5.74, 6) is 0.0838. The first-order chi connectivity index (χ1) is 8.31. The van der Waals surface area contributed by atoms with E-state index in [9.17, 15) is 4.79 Å². The molecule has 1 N–H and O–H groups in total. The van der Waals surface area contributed by atoms with Gasteiger partial charge in [-0.3, -0.25) is 10.1 Å². The summed E-state index contributed by atoms with van der Waals surface area (Å²) in [5.41, 5.74) is 1.36. The van der Waals surface area contributed by atoms with Crippen molar-refractivity contribution in [1.82, 2.24) is 5.32 Å². The van der Waals surface area contributed by atoms with Gasteiger partial charge in [-0.05, 0) is 45.4 Å². The van der Waals surface area contributed by atoms with E-state index < -0.39 is 5.54 Å². The highest BCUT2D eigenvalue weighted by molar-refractivity contribution is 6.31. The summed E-state index contributed by atoms with van der Waals surface area (Å²) in [5, 5.41) is 4.01. The van der Waals surface area contributed by atoms with Crippen LogP contribution in [0.1, 0.15) is 26.3 Å². The van der Waals surface area contributed by atoms with Crippen LogP contribution < -0.4 is 10.2 Å². The first-order valence-electron chi connectivity index (χ1n) is 6.17. The molecule has 0 spiro atoms. The maximum absolute atomic E-state index is 12.4. The predicted molar refractivity (Wildman–Crippen MR) is 75.2 cm³/mol. The monoisotopic (exact) mass is 266 g/mol. The number of carbonyl (C=O) groups is 1. The number of benzene rings is 1. The molecule has 0 radical (unpaired) electrons. The first-order valence-corrected chi connectivity index (χ1v) is 6.55. The largest absolute Gasteiger partial charge is 0.309 e. The van der Waals surface area contributed by atoms with E-state index in [2.05, 4.69) is 12.2 Å². The topological polar surface area (TPSA) is 32.3 Å². The van der Waals surface area contributed by atoms with Crippen LogP contribution in [0.5, 0.6) is 0 Å². The number of aryl methyl sites for hydroxylation is 1. The van der Waals surface area contributed by atoms with Crippen LogP contribution in [0.4, 0.5) is 5.69 Å². The van der Waals surface area contributed by atoms with Gasteiger partial charge in [0.2, 0.25) is 5.91 Å². The zero-order valence-electron chi connectivity index (χ0n) is 11.2. The number of hydrogen-bond donors (Lipinski definition) is 1. The number of halogens is 1. The van der Waals surface area contributed by atoms with E-state index >= 15 is 0 Å². The van der Waals surface area contributed by atoms with E-state index in [-0.39, 0.29) is 11.9 Å². The molecule has 1 heterocycles. The Bertz CT molecular complexity index is 485. The molecular formula is C14H19ClN2O. The molecule has 1 fully saturated rings. The van der Waals surface area contributed by atoms with Crippen LogP contribution in [-0.4, -0.2) is 24.0 Å². The average molecular weight is 267 g/mol. The summed E-state index contributed by atoms with van der Waals surface area (Å²) >= 11 is 6.13. The molecule has 1 aromatic carbocycles. The van der Waals surface area contributed by atoms with Crippen molar-refractivity contribution >= 4 is 23.2 Å². The maximum Gasteiger partial charge on any atom is 0.246 e. The molecule has 4 heteroatoms. The molecular weight excluding hydrogens is 248 g/mol. The molecule has 98 valence electrons. The van der Waals surface area contributed by atoms with E-state index in [0.29, 0.717) is 11.6 Å². The lowest BCUT2D eigenvalue weighted by Crippen LogP contribution is -2.65. The second-order valence-corrected chi connectivity index (χ2v) is 5.93. The van der Waals surface area contributed by atoms with E-state index in [4.69, 9.17) is 11.6 Å². The molecule has 1 aliphatic rings. The number of carbonyl (C=O) groups excluding carboxylic acids is 1. The Labute approximate surface area is 113 Å². The van der Waals surface area contributed by atoms with Gasteiger partial charge in [-0.25, -0.2) is 0 Å². The average Bonchev–Trinajstić information content (AvgIpc) is 2.27. The molecule has 1 atom stereocenters. The van der Waals surface area contributed by atoms with Crippen LogP contribution in [0.2, 0.25) is 5.02 Å². The van der Waals surface area contributed by atoms with E-state index in [0.717, 1.165) is 11.3 Å². The summed E-state index contributed by atoms with van der Waals surface area (Å²) in [6.45, 7) is 8.53. The standard InChI is InChI=1S/C14H19ClN2O/c1-9-5-6-11(7-12(9)15)17-8-10(2)16-14(3,4)13(17)18/h5-7,10,16H,8H2,1-4H3. The van der Waals surface area contributed by atoms with Crippen molar-refractivity contribution in [3.8, 4) is 0 Å². The van der Waals surface area contributed by atoms with Gasteiger partial charge in [0, 0.05) is 23.3 Å². The molecule has 1 aliphatic heterocycles. The zero-order chi connectivity index (χ0) is 13.5. The highest BCUT2D eigenvalue weighted by Gasteiger charge is 2.38. The molecule has 18 heavy (non-hydrogen) atoms. The van der Waals surface area contributed by atoms with Gasteiger partial charge < -0.3 is 4.90 Å². The molecule has 0 bridgehead atoms. The SMILES string of the molecule is Cc1ccc(N2CC(C)NC(C)(C)C2=O)cc1Cl. The van der Waals surface area contributed by atoms with Crippen LogP contribution in [0.15, 0.2) is 18.2 Å². The molecule has 0 saturated carbocycles. The van der Waals surface area contributed by atoms with Gasteiger partial charge in [-0.2, -0.15) is 0 Å². The quantitative estimate of drug-likeness (QED) is 0.848. The van der Waals surface area contributed by atoms with Crippen LogP contribution >= 0.6 is 11.6 Å². The van der Waals surface area contributed by atoms with Crippen LogP contribution in [-0.2, 0) is 4.79 Å². The number of rotatable bonds is 1. The second kappa shape index (κ2) is 4.56. The molecule has 1 unspecified atom stereocenters. The molecule has 1 amide bonds. The fourth-order valence-corrected chi connectivity index (χ4v) is 2.56. The molecule has 2 rings (SSSR count). The van der Waals surface area contributed by atoms with Gasteiger partial charge >= 0.3 is 0 Å². The number of nitrogens with one attached hydrogen (secondary N) is 1. The van der Waals surface area contributed by atoms with Crippen molar-refractivity contribution in [3.63, 3.8) is 0 Å². The number of hydrogen-bond acceptors (Lipinski definition) is 2. The van der Waals surface area contributed by atoms with Crippen LogP contribution in [0, 0.1) is 6.92 Å². The lowest BCUT2D eigenvalue weighted by Gasteiger charge is -2.41. The van der Waals surface area contributed by atoms with Crippen LogP contribution in [0.3, 0.4) is 0 Å². The molecule has 0 aliphatic carbocycles. The van der Waals surface area contributed by atoms with Gasteiger partial charge in [0.05, 0.1) is 5.54 Å². The van der Waals surface area contributed by atoms with Crippen molar-refractivity contribution in [1.29, 1.82) is 0 Å². The predicted octanol–water partition coefficient (Wildman–Crippen LogP) is 2.75. The van der Waals surface area contributed by atoms with E-state index in [1.165, 1.54) is 0 Å².